The van der Waals surface area contributed by atoms with E-state index in [1.807, 2.05) is 36.4 Å². The van der Waals surface area contributed by atoms with E-state index in [1.165, 1.54) is 5.56 Å². The van der Waals surface area contributed by atoms with Gasteiger partial charge in [-0.25, -0.2) is 0 Å². The summed E-state index contributed by atoms with van der Waals surface area (Å²) in [5.41, 5.74) is 2.20. The molecular weight excluding hydrogens is 333 g/mol. The van der Waals surface area contributed by atoms with Gasteiger partial charge < -0.3 is 14.8 Å². The van der Waals surface area contributed by atoms with Crippen molar-refractivity contribution >= 4 is 24.0 Å². The topological polar surface area (TPSA) is 30.5 Å². The van der Waals surface area contributed by atoms with E-state index in [-0.39, 0.29) is 12.4 Å². The third-order valence-electron chi connectivity index (χ3n) is 3.28. The normalized spacial score (nSPS) is 10.2. The van der Waals surface area contributed by atoms with Gasteiger partial charge in [-0.05, 0) is 36.7 Å². The van der Waals surface area contributed by atoms with Crippen molar-refractivity contribution in [1.82, 2.24) is 5.32 Å². The van der Waals surface area contributed by atoms with Gasteiger partial charge in [0.25, 0.3) is 0 Å². The molecule has 3 nitrogen and oxygen atoms in total. The molecule has 23 heavy (non-hydrogen) atoms. The molecule has 5 heteroatoms. The zero-order chi connectivity index (χ0) is 15.6. The Morgan fingerprint density at radius 1 is 1.09 bits per heavy atom. The van der Waals surface area contributed by atoms with Crippen molar-refractivity contribution in [3.63, 3.8) is 0 Å². The van der Waals surface area contributed by atoms with Gasteiger partial charge in [-0.3, -0.25) is 0 Å². The summed E-state index contributed by atoms with van der Waals surface area (Å²) in [6, 6.07) is 15.8. The Hall–Kier alpha value is -1.26. The molecule has 0 bridgehead atoms. The highest BCUT2D eigenvalue weighted by Gasteiger charge is 2.01. The summed E-state index contributed by atoms with van der Waals surface area (Å²) in [5, 5.41) is 4.12. The highest BCUT2D eigenvalue weighted by Crippen LogP contribution is 2.19. The van der Waals surface area contributed by atoms with Crippen LogP contribution >= 0.6 is 24.0 Å². The summed E-state index contributed by atoms with van der Waals surface area (Å²) < 4.78 is 10.9. The fraction of sp³-hybridized carbons (Fsp3) is 0.333. The summed E-state index contributed by atoms with van der Waals surface area (Å²) >= 11 is 6.13. The third-order valence-corrected chi connectivity index (χ3v) is 3.65. The molecule has 0 unspecified atom stereocenters. The van der Waals surface area contributed by atoms with Gasteiger partial charge in [0.05, 0.1) is 0 Å². The van der Waals surface area contributed by atoms with Gasteiger partial charge in [0.1, 0.15) is 12.4 Å². The monoisotopic (exact) mass is 355 g/mol. The van der Waals surface area contributed by atoms with E-state index in [4.69, 9.17) is 21.1 Å². The van der Waals surface area contributed by atoms with Crippen molar-refractivity contribution in [3.05, 3.63) is 64.7 Å². The predicted molar refractivity (Wildman–Crippen MR) is 97.7 cm³/mol. The number of hydrogen-bond donors (Lipinski definition) is 1. The third kappa shape index (κ3) is 7.23. The van der Waals surface area contributed by atoms with Crippen LogP contribution < -0.4 is 10.1 Å². The molecule has 0 aliphatic rings. The van der Waals surface area contributed by atoms with E-state index < -0.39 is 0 Å². The van der Waals surface area contributed by atoms with Gasteiger partial charge in [-0.15, -0.1) is 12.4 Å². The lowest BCUT2D eigenvalue weighted by Crippen LogP contribution is -2.16. The van der Waals surface area contributed by atoms with Crippen molar-refractivity contribution < 1.29 is 9.47 Å². The SMILES string of the molecule is COCCCNCc1cccc(OCc2ccccc2Cl)c1.Cl. The average molecular weight is 356 g/mol. The van der Waals surface area contributed by atoms with Crippen molar-refractivity contribution in [2.45, 2.75) is 19.6 Å². The molecule has 0 saturated carbocycles. The van der Waals surface area contributed by atoms with Crippen LogP contribution in [-0.4, -0.2) is 20.3 Å². The van der Waals surface area contributed by atoms with Crippen LogP contribution in [0.25, 0.3) is 0 Å². The number of ether oxygens (including phenoxy) is 2. The Kier molecular flexibility index (Phi) is 9.72. The second-order valence-electron chi connectivity index (χ2n) is 5.05. The molecule has 0 radical (unpaired) electrons. The molecule has 2 aromatic rings. The van der Waals surface area contributed by atoms with Gasteiger partial charge in [-0.1, -0.05) is 41.9 Å². The van der Waals surface area contributed by atoms with Crippen LogP contribution in [0.15, 0.2) is 48.5 Å². The first kappa shape index (κ1) is 19.8. The molecule has 0 aliphatic heterocycles. The summed E-state index contributed by atoms with van der Waals surface area (Å²) in [7, 11) is 1.72. The number of methoxy groups -OCH3 is 1. The number of rotatable bonds is 9. The second-order valence-corrected chi connectivity index (χ2v) is 5.46. The quantitative estimate of drug-likeness (QED) is 0.673. The Labute approximate surface area is 149 Å². The van der Waals surface area contributed by atoms with Gasteiger partial charge in [0.2, 0.25) is 0 Å². The van der Waals surface area contributed by atoms with Crippen LogP contribution in [0.4, 0.5) is 0 Å². The van der Waals surface area contributed by atoms with Crippen LogP contribution in [0.5, 0.6) is 5.75 Å². The van der Waals surface area contributed by atoms with Crippen LogP contribution in [0.1, 0.15) is 17.5 Å². The Balaban J connectivity index is 0.00000264. The first-order valence-corrected chi connectivity index (χ1v) is 7.82. The molecule has 0 atom stereocenters. The fourth-order valence-electron chi connectivity index (χ4n) is 2.10. The van der Waals surface area contributed by atoms with E-state index in [9.17, 15) is 0 Å². The lowest BCUT2D eigenvalue weighted by Gasteiger charge is -2.10. The molecule has 126 valence electrons. The molecule has 2 aromatic carbocycles. The zero-order valence-corrected chi connectivity index (χ0v) is 14.8. The summed E-state index contributed by atoms with van der Waals surface area (Å²) in [6.45, 7) is 3.03. The highest BCUT2D eigenvalue weighted by atomic mass is 35.5. The minimum Gasteiger partial charge on any atom is -0.489 e. The Bertz CT molecular complexity index is 578. The molecule has 1 N–H and O–H groups in total. The lowest BCUT2D eigenvalue weighted by atomic mass is 10.2. The molecule has 0 heterocycles. The predicted octanol–water partition coefficient (Wildman–Crippen LogP) is 4.47. The van der Waals surface area contributed by atoms with Crippen LogP contribution in [0, 0.1) is 0 Å². The molecule has 0 amide bonds. The van der Waals surface area contributed by atoms with Gasteiger partial charge in [-0.2, -0.15) is 0 Å². The smallest absolute Gasteiger partial charge is 0.120 e. The van der Waals surface area contributed by atoms with Crippen molar-refractivity contribution in [1.29, 1.82) is 0 Å². The minimum atomic E-state index is 0. The lowest BCUT2D eigenvalue weighted by molar-refractivity contribution is 0.194. The summed E-state index contributed by atoms with van der Waals surface area (Å²) in [4.78, 5) is 0. The molecule has 0 aliphatic carbocycles. The van der Waals surface area contributed by atoms with E-state index in [0.717, 1.165) is 42.5 Å². The van der Waals surface area contributed by atoms with Crippen molar-refractivity contribution in [2.24, 2.45) is 0 Å². The van der Waals surface area contributed by atoms with Crippen LogP contribution in [0.2, 0.25) is 5.02 Å². The van der Waals surface area contributed by atoms with E-state index in [2.05, 4.69) is 17.4 Å². The van der Waals surface area contributed by atoms with Gasteiger partial charge >= 0.3 is 0 Å². The standard InChI is InChI=1S/C18H22ClNO2.ClH/c1-21-11-5-10-20-13-15-6-4-8-17(12-15)22-14-16-7-2-3-9-18(16)19;/h2-4,6-9,12,20H,5,10-11,13-14H2,1H3;1H. The average Bonchev–Trinajstić information content (AvgIpc) is 2.54. The fourth-order valence-corrected chi connectivity index (χ4v) is 2.29. The second kappa shape index (κ2) is 11.3. The molecule has 0 fully saturated rings. The minimum absolute atomic E-state index is 0. The van der Waals surface area contributed by atoms with E-state index in [1.54, 1.807) is 7.11 Å². The first-order chi connectivity index (χ1) is 10.8. The number of benzene rings is 2. The molecule has 0 saturated heterocycles. The van der Waals surface area contributed by atoms with Crippen LogP contribution in [-0.2, 0) is 17.9 Å². The van der Waals surface area contributed by atoms with Crippen LogP contribution in [0.3, 0.4) is 0 Å². The maximum atomic E-state index is 6.13. The van der Waals surface area contributed by atoms with E-state index in [0.29, 0.717) is 6.61 Å². The van der Waals surface area contributed by atoms with E-state index >= 15 is 0 Å². The van der Waals surface area contributed by atoms with Gasteiger partial charge in [0, 0.05) is 30.8 Å². The summed E-state index contributed by atoms with van der Waals surface area (Å²) in [6.07, 6.45) is 1.01. The molecule has 0 spiro atoms. The zero-order valence-electron chi connectivity index (χ0n) is 13.3. The highest BCUT2D eigenvalue weighted by molar-refractivity contribution is 6.31. The molecular formula is C18H23Cl2NO2. The molecule has 2 rings (SSSR count). The summed E-state index contributed by atoms with van der Waals surface area (Å²) in [5.74, 6) is 0.858. The number of hydrogen-bond acceptors (Lipinski definition) is 3. The number of halogens is 2. The maximum Gasteiger partial charge on any atom is 0.120 e. The largest absolute Gasteiger partial charge is 0.489 e. The maximum absolute atomic E-state index is 6.13. The first-order valence-electron chi connectivity index (χ1n) is 7.44. The Morgan fingerprint density at radius 2 is 1.91 bits per heavy atom. The van der Waals surface area contributed by atoms with Crippen molar-refractivity contribution in [2.75, 3.05) is 20.3 Å². The van der Waals surface area contributed by atoms with Crippen molar-refractivity contribution in [3.8, 4) is 5.75 Å². The number of nitrogens with one attached hydrogen (secondary N) is 1. The Morgan fingerprint density at radius 3 is 2.70 bits per heavy atom. The molecule has 0 aromatic heterocycles. The van der Waals surface area contributed by atoms with Gasteiger partial charge in [0.15, 0.2) is 0 Å².